The molecule has 1 aromatic carbocycles. The highest BCUT2D eigenvalue weighted by molar-refractivity contribution is 7.10. The first kappa shape index (κ1) is 28.3. The van der Waals surface area contributed by atoms with Crippen molar-refractivity contribution in [1.29, 1.82) is 0 Å². The molecule has 6 rings (SSSR count). The molecule has 0 radical (unpaired) electrons. The van der Waals surface area contributed by atoms with Gasteiger partial charge in [0.2, 0.25) is 6.41 Å². The van der Waals surface area contributed by atoms with E-state index in [1.54, 1.807) is 0 Å². The first-order valence-corrected chi connectivity index (χ1v) is 14.2. The molecule has 5 heterocycles. The summed E-state index contributed by atoms with van der Waals surface area (Å²) in [6.45, 7) is 8.19. The smallest absolute Gasteiger partial charge is 0.211 e. The summed E-state index contributed by atoms with van der Waals surface area (Å²) in [6, 6.07) is 5.69. The Kier molecular flexibility index (Phi) is 8.95. The van der Waals surface area contributed by atoms with Crippen LogP contribution in [0.3, 0.4) is 0 Å². The highest BCUT2D eigenvalue weighted by atomic mass is 32.1. The summed E-state index contributed by atoms with van der Waals surface area (Å²) in [5.41, 5.74) is 4.73. The Bertz CT molecular complexity index is 1620. The van der Waals surface area contributed by atoms with Gasteiger partial charge in [0.05, 0.1) is 35.2 Å². The second kappa shape index (κ2) is 13.0. The quantitative estimate of drug-likeness (QED) is 0.229. The number of rotatable bonds is 8. The van der Waals surface area contributed by atoms with Gasteiger partial charge in [0, 0.05) is 31.0 Å². The van der Waals surface area contributed by atoms with Gasteiger partial charge in [0.15, 0.2) is 23.1 Å². The molecule has 5 aromatic rings. The van der Waals surface area contributed by atoms with Gasteiger partial charge in [-0.3, -0.25) is 18.8 Å². The normalized spacial score (nSPS) is 13.6. The largest absolute Gasteiger partial charge is 0.328 e. The van der Waals surface area contributed by atoms with Gasteiger partial charge in [-0.25, -0.2) is 18.7 Å². The maximum Gasteiger partial charge on any atom is 0.211 e. The second-order valence-electron chi connectivity index (χ2n) is 9.66. The molecular weight excluding hydrogens is 548 g/mol. The highest BCUT2D eigenvalue weighted by Crippen LogP contribution is 2.28. The summed E-state index contributed by atoms with van der Waals surface area (Å²) in [5, 5.41) is 10.9. The van der Waals surface area contributed by atoms with Crippen molar-refractivity contribution in [2.45, 2.75) is 46.2 Å². The van der Waals surface area contributed by atoms with E-state index in [1.165, 1.54) is 56.0 Å². The number of benzene rings is 1. The zero-order valence-electron chi connectivity index (χ0n) is 22.8. The van der Waals surface area contributed by atoms with Crippen molar-refractivity contribution in [2.24, 2.45) is 0 Å². The predicted molar refractivity (Wildman–Crippen MR) is 155 cm³/mol. The molecule has 1 aliphatic heterocycles. The number of imidazole rings is 1. The Balaban J connectivity index is 0.000000259. The van der Waals surface area contributed by atoms with Crippen LogP contribution in [0.5, 0.6) is 0 Å². The molecule has 13 heteroatoms. The summed E-state index contributed by atoms with van der Waals surface area (Å²) in [6.07, 6.45) is 12.0. The predicted octanol–water partition coefficient (Wildman–Crippen LogP) is 5.64. The van der Waals surface area contributed by atoms with E-state index in [0.29, 0.717) is 0 Å². The van der Waals surface area contributed by atoms with Crippen LogP contribution in [0, 0.1) is 18.6 Å². The number of nitrogens with zero attached hydrogens (tertiary/aromatic N) is 7. The number of halogens is 2. The van der Waals surface area contributed by atoms with Crippen molar-refractivity contribution in [3.8, 4) is 11.3 Å². The summed E-state index contributed by atoms with van der Waals surface area (Å²) >= 11 is 1.48. The average molecular weight is 580 g/mol. The van der Waals surface area contributed by atoms with E-state index in [2.05, 4.69) is 42.1 Å². The highest BCUT2D eigenvalue weighted by Gasteiger charge is 2.16. The van der Waals surface area contributed by atoms with E-state index in [1.807, 2.05) is 41.7 Å². The number of hydrogen-bond donors (Lipinski definition) is 2. The minimum Gasteiger partial charge on any atom is -0.328 e. The van der Waals surface area contributed by atoms with Gasteiger partial charge in [0.1, 0.15) is 5.00 Å². The van der Waals surface area contributed by atoms with Crippen molar-refractivity contribution in [2.75, 3.05) is 23.7 Å². The zero-order chi connectivity index (χ0) is 28.8. The van der Waals surface area contributed by atoms with Crippen LogP contribution in [0.2, 0.25) is 0 Å². The fourth-order valence-electron chi connectivity index (χ4n) is 4.66. The Hall–Kier alpha value is -4.23. The number of carbonyl (C=O) groups is 1. The number of anilines is 3. The number of nitrogens with one attached hydrogen (secondary N) is 2. The maximum atomic E-state index is 12.6. The molecule has 1 fully saturated rings. The van der Waals surface area contributed by atoms with Crippen LogP contribution >= 0.6 is 11.5 Å². The number of amides is 1. The van der Waals surface area contributed by atoms with Crippen LogP contribution < -0.4 is 10.6 Å². The number of carbonyl (C=O) groups excluding carboxylic acids is 1. The number of hydrogen-bond acceptors (Lipinski definition) is 8. The van der Waals surface area contributed by atoms with Crippen LogP contribution in [0.15, 0.2) is 49.1 Å². The fourth-order valence-corrected chi connectivity index (χ4v) is 5.32. The molecule has 1 amide bonds. The topological polar surface area (TPSA) is 105 Å². The van der Waals surface area contributed by atoms with Crippen LogP contribution in [0.4, 0.5) is 25.3 Å². The molecule has 0 atom stereocenters. The fraction of sp³-hybridized carbons (Fsp3) is 0.321. The van der Waals surface area contributed by atoms with Gasteiger partial charge < -0.3 is 10.6 Å². The Morgan fingerprint density at radius 1 is 1.12 bits per heavy atom. The van der Waals surface area contributed by atoms with Crippen molar-refractivity contribution in [3.63, 3.8) is 0 Å². The number of piperidine rings is 1. The molecule has 0 bridgehead atoms. The van der Waals surface area contributed by atoms with Crippen LogP contribution in [0.1, 0.15) is 37.6 Å². The molecule has 1 saturated heterocycles. The van der Waals surface area contributed by atoms with Crippen molar-refractivity contribution < 1.29 is 13.6 Å². The first-order chi connectivity index (χ1) is 19.9. The third-order valence-corrected chi connectivity index (χ3v) is 7.41. The molecule has 2 N–H and O–H groups in total. The van der Waals surface area contributed by atoms with Gasteiger partial charge in [-0.05, 0) is 69.5 Å². The van der Waals surface area contributed by atoms with Crippen molar-refractivity contribution in [1.82, 2.24) is 33.4 Å². The summed E-state index contributed by atoms with van der Waals surface area (Å²) in [5.74, 6) is -1.27. The molecule has 10 nitrogen and oxygen atoms in total. The van der Waals surface area contributed by atoms with E-state index < -0.39 is 11.6 Å². The number of fused-ring (bicyclic) bond motifs is 1. The average Bonchev–Trinajstić information content (AvgIpc) is 3.72. The van der Waals surface area contributed by atoms with Gasteiger partial charge in [0.25, 0.3) is 0 Å². The number of aryl methyl sites for hydroxylation is 2. The van der Waals surface area contributed by atoms with E-state index in [4.69, 9.17) is 4.98 Å². The molecule has 214 valence electrons. The Labute approximate surface area is 240 Å². The van der Waals surface area contributed by atoms with E-state index >= 15 is 0 Å². The SMILES string of the molecule is CCn1cc(-c2cnc3c(Nc4cc(CN5CCCCC5)ns4)nc(C)cn23)cn1.O=CNc1cccc(F)c1F. The lowest BCUT2D eigenvalue weighted by molar-refractivity contribution is -0.105. The molecular formula is C28H31F2N9OS. The standard InChI is InChI=1S/C21H26N8S.C7H5F2NO/c1-3-28-13-16(10-23-28)18-11-22-21-20(24-15(2)12-29(18)21)25-19-9-17(26-30-19)14-27-7-5-4-6-8-27;8-5-2-1-3-6(7(5)9)10-4-11/h9-13H,3-8,14H2,1-2H3,(H,24,25);1-4H,(H,10,11). The summed E-state index contributed by atoms with van der Waals surface area (Å²) in [7, 11) is 0. The molecule has 41 heavy (non-hydrogen) atoms. The monoisotopic (exact) mass is 579 g/mol. The summed E-state index contributed by atoms with van der Waals surface area (Å²) < 4.78 is 33.6. The zero-order valence-corrected chi connectivity index (χ0v) is 23.7. The van der Waals surface area contributed by atoms with Gasteiger partial charge in [-0.1, -0.05) is 12.5 Å². The maximum absolute atomic E-state index is 12.6. The Morgan fingerprint density at radius 2 is 1.95 bits per heavy atom. The van der Waals surface area contributed by atoms with Crippen LogP contribution in [-0.2, 0) is 17.9 Å². The van der Waals surface area contributed by atoms with Crippen molar-refractivity contribution >= 4 is 40.1 Å². The molecule has 0 spiro atoms. The summed E-state index contributed by atoms with van der Waals surface area (Å²) in [4.78, 5) is 21.7. The van der Waals surface area contributed by atoms with Crippen molar-refractivity contribution in [3.05, 3.63) is 72.1 Å². The molecule has 4 aromatic heterocycles. The van der Waals surface area contributed by atoms with Gasteiger partial charge >= 0.3 is 0 Å². The van der Waals surface area contributed by atoms with E-state index in [-0.39, 0.29) is 12.1 Å². The molecule has 1 aliphatic rings. The third-order valence-electron chi connectivity index (χ3n) is 6.67. The lowest BCUT2D eigenvalue weighted by atomic mass is 10.1. The lowest BCUT2D eigenvalue weighted by Crippen LogP contribution is -2.29. The molecule has 0 saturated carbocycles. The van der Waals surface area contributed by atoms with Crippen LogP contribution in [0.25, 0.3) is 16.9 Å². The molecule has 0 aliphatic carbocycles. The Morgan fingerprint density at radius 3 is 2.71 bits per heavy atom. The lowest BCUT2D eigenvalue weighted by Gasteiger charge is -2.25. The van der Waals surface area contributed by atoms with E-state index in [0.717, 1.165) is 58.3 Å². The minimum absolute atomic E-state index is 0.153. The molecule has 0 unspecified atom stereocenters. The number of aromatic nitrogens is 6. The third kappa shape index (κ3) is 6.74. The number of likely N-dealkylation sites (tertiary alicyclic amines) is 1. The second-order valence-corrected chi connectivity index (χ2v) is 10.5. The minimum atomic E-state index is -1.04. The van der Waals surface area contributed by atoms with E-state index in [9.17, 15) is 13.6 Å². The van der Waals surface area contributed by atoms with Gasteiger partial charge in [-0.15, -0.1) is 0 Å². The van der Waals surface area contributed by atoms with Gasteiger partial charge in [-0.2, -0.15) is 9.47 Å². The van der Waals surface area contributed by atoms with Crippen LogP contribution in [-0.4, -0.2) is 52.9 Å². The first-order valence-electron chi connectivity index (χ1n) is 13.4.